The van der Waals surface area contributed by atoms with E-state index in [0.717, 1.165) is 40.7 Å². The van der Waals surface area contributed by atoms with Crippen LogP contribution in [0.25, 0.3) is 11.0 Å². The number of rotatable bonds is 6. The maximum Gasteiger partial charge on any atom is 0.410 e. The molecule has 254 valence electrons. The minimum absolute atomic E-state index is 0.0121. The van der Waals surface area contributed by atoms with Crippen LogP contribution in [0.2, 0.25) is 0 Å². The molecule has 6 rings (SSSR count). The van der Waals surface area contributed by atoms with Crippen LogP contribution in [-0.2, 0) is 16.6 Å². The molecule has 2 aromatic carbocycles. The zero-order chi connectivity index (χ0) is 34.2. The van der Waals surface area contributed by atoms with Crippen molar-refractivity contribution in [2.45, 2.75) is 77.5 Å². The number of amides is 2. The number of halogens is 1. The normalized spacial score (nSPS) is 17.0. The molecule has 0 unspecified atom stereocenters. The van der Waals surface area contributed by atoms with Crippen molar-refractivity contribution in [3.8, 4) is 0 Å². The molecule has 0 spiro atoms. The lowest BCUT2D eigenvalue weighted by atomic mass is 9.87. The third kappa shape index (κ3) is 7.07. The predicted molar refractivity (Wildman–Crippen MR) is 185 cm³/mol. The van der Waals surface area contributed by atoms with Gasteiger partial charge in [0.1, 0.15) is 5.60 Å². The van der Waals surface area contributed by atoms with Gasteiger partial charge in [0, 0.05) is 63.6 Å². The first-order valence-corrected chi connectivity index (χ1v) is 16.7. The number of benzene rings is 2. The van der Waals surface area contributed by atoms with E-state index in [0.29, 0.717) is 30.5 Å². The van der Waals surface area contributed by atoms with Gasteiger partial charge in [-0.05, 0) is 82.2 Å². The van der Waals surface area contributed by atoms with Gasteiger partial charge >= 0.3 is 6.09 Å². The molecule has 2 aliphatic heterocycles. The standard InChI is InChI=1S/C36H45FN8O3/c1-23-8-7-9-24(2)29(23)40-30-28-22-38-33(41-31(28)43(6)42-30)39-27-12-10-25(11-13-27)26-14-18-44(19-15-26)32(46)36(37)16-20-45(21-17-36)34(47)48-35(3,4)5/h7-13,22,26H,14-21H2,1-6H3,(H,40,42)(H,38,39,41). The van der Waals surface area contributed by atoms with E-state index in [1.54, 1.807) is 36.5 Å². The van der Waals surface area contributed by atoms with Crippen LogP contribution < -0.4 is 10.6 Å². The largest absolute Gasteiger partial charge is 0.444 e. The van der Waals surface area contributed by atoms with E-state index in [-0.39, 0.29) is 31.8 Å². The molecule has 2 N–H and O–H groups in total. The summed E-state index contributed by atoms with van der Waals surface area (Å²) in [6.45, 7) is 10.9. The second-order valence-corrected chi connectivity index (χ2v) is 14.0. The quantitative estimate of drug-likeness (QED) is 0.230. The maximum atomic E-state index is 15.8. The summed E-state index contributed by atoms with van der Waals surface area (Å²) in [5.41, 5.74) is 3.49. The molecule has 4 heterocycles. The van der Waals surface area contributed by atoms with E-state index in [1.165, 1.54) is 10.5 Å². The SMILES string of the molecule is Cc1cccc(C)c1Nc1nn(C)c2nc(Nc3ccc(C4CCN(C(=O)C5(F)CCN(C(=O)OC(C)(C)C)CC5)CC4)cc3)ncc12. The summed E-state index contributed by atoms with van der Waals surface area (Å²) in [6.07, 6.45) is 2.82. The van der Waals surface area contributed by atoms with E-state index in [9.17, 15) is 9.59 Å². The molecule has 48 heavy (non-hydrogen) atoms. The molecule has 2 aromatic heterocycles. The first-order chi connectivity index (χ1) is 22.8. The van der Waals surface area contributed by atoms with Gasteiger partial charge in [0.2, 0.25) is 5.95 Å². The maximum absolute atomic E-state index is 15.8. The molecule has 2 amide bonds. The minimum atomic E-state index is -1.95. The fourth-order valence-electron chi connectivity index (χ4n) is 6.57. The number of nitrogens with one attached hydrogen (secondary N) is 2. The molecule has 11 nitrogen and oxygen atoms in total. The van der Waals surface area contributed by atoms with Gasteiger partial charge in [0.25, 0.3) is 5.91 Å². The fourth-order valence-corrected chi connectivity index (χ4v) is 6.57. The van der Waals surface area contributed by atoms with Crippen LogP contribution in [-0.4, -0.2) is 79.0 Å². The van der Waals surface area contributed by atoms with Crippen molar-refractivity contribution >= 4 is 46.2 Å². The molecule has 0 radical (unpaired) electrons. The van der Waals surface area contributed by atoms with E-state index in [4.69, 9.17) is 9.72 Å². The lowest BCUT2D eigenvalue weighted by molar-refractivity contribution is -0.148. The predicted octanol–water partition coefficient (Wildman–Crippen LogP) is 6.91. The van der Waals surface area contributed by atoms with E-state index in [2.05, 4.69) is 58.8 Å². The van der Waals surface area contributed by atoms with Gasteiger partial charge in [0.05, 0.1) is 5.39 Å². The average Bonchev–Trinajstić information content (AvgIpc) is 3.36. The Morgan fingerprint density at radius 3 is 2.21 bits per heavy atom. The number of hydrogen-bond acceptors (Lipinski definition) is 8. The van der Waals surface area contributed by atoms with Gasteiger partial charge in [-0.3, -0.25) is 4.79 Å². The number of piperidine rings is 2. The fraction of sp³-hybridized carbons (Fsp3) is 0.472. The van der Waals surface area contributed by atoms with Crippen molar-refractivity contribution in [1.29, 1.82) is 0 Å². The average molecular weight is 657 g/mol. The van der Waals surface area contributed by atoms with Gasteiger partial charge < -0.3 is 25.2 Å². The molecule has 2 aliphatic rings. The number of aromatic nitrogens is 4. The number of ether oxygens (including phenoxy) is 1. The van der Waals surface area contributed by atoms with Crippen LogP contribution in [0.3, 0.4) is 0 Å². The Morgan fingerprint density at radius 2 is 1.58 bits per heavy atom. The third-order valence-electron chi connectivity index (χ3n) is 9.32. The second kappa shape index (κ2) is 13.0. The highest BCUT2D eigenvalue weighted by Crippen LogP contribution is 2.35. The highest BCUT2D eigenvalue weighted by molar-refractivity contribution is 5.90. The molecule has 2 saturated heterocycles. The van der Waals surface area contributed by atoms with Crippen LogP contribution in [0.1, 0.15) is 69.1 Å². The number of carbonyl (C=O) groups excluding carboxylic acids is 2. The number of para-hydroxylation sites is 1. The van der Waals surface area contributed by atoms with Gasteiger partial charge in [-0.1, -0.05) is 30.3 Å². The topological polar surface area (TPSA) is 118 Å². The van der Waals surface area contributed by atoms with E-state index >= 15 is 4.39 Å². The molecule has 2 fully saturated rings. The van der Waals surface area contributed by atoms with Gasteiger partial charge in [0.15, 0.2) is 17.1 Å². The number of anilines is 4. The Balaban J connectivity index is 1.03. The van der Waals surface area contributed by atoms with Crippen LogP contribution in [0.5, 0.6) is 0 Å². The van der Waals surface area contributed by atoms with Gasteiger partial charge in [-0.25, -0.2) is 18.9 Å². The summed E-state index contributed by atoms with van der Waals surface area (Å²) in [5.74, 6) is 1.00. The van der Waals surface area contributed by atoms with Crippen LogP contribution in [0.4, 0.5) is 32.3 Å². The summed E-state index contributed by atoms with van der Waals surface area (Å²) in [5, 5.41) is 12.2. The number of nitrogens with zero attached hydrogens (tertiary/aromatic N) is 6. The number of carbonyl (C=O) groups is 2. The van der Waals surface area contributed by atoms with E-state index < -0.39 is 23.3 Å². The first kappa shape index (κ1) is 33.2. The van der Waals surface area contributed by atoms with Crippen LogP contribution in [0.15, 0.2) is 48.7 Å². The van der Waals surface area contributed by atoms with Gasteiger partial charge in [-0.15, -0.1) is 0 Å². The molecule has 12 heteroatoms. The molecule has 0 aliphatic carbocycles. The Kier molecular flexibility index (Phi) is 9.02. The molecular formula is C36H45FN8O3. The molecule has 0 bridgehead atoms. The van der Waals surface area contributed by atoms with Crippen molar-refractivity contribution in [2.24, 2.45) is 7.05 Å². The number of fused-ring (bicyclic) bond motifs is 1. The van der Waals surface area contributed by atoms with Gasteiger partial charge in [-0.2, -0.15) is 10.1 Å². The first-order valence-electron chi connectivity index (χ1n) is 16.7. The summed E-state index contributed by atoms with van der Waals surface area (Å²) in [7, 11) is 1.87. The highest BCUT2D eigenvalue weighted by atomic mass is 19.1. The van der Waals surface area contributed by atoms with Crippen molar-refractivity contribution in [1.82, 2.24) is 29.5 Å². The molecule has 0 saturated carbocycles. The summed E-state index contributed by atoms with van der Waals surface area (Å²) >= 11 is 0. The second-order valence-electron chi connectivity index (χ2n) is 14.0. The van der Waals surface area contributed by atoms with E-state index in [1.807, 2.05) is 25.2 Å². The lowest BCUT2D eigenvalue weighted by Crippen LogP contribution is -2.55. The Labute approximate surface area is 280 Å². The zero-order valence-electron chi connectivity index (χ0n) is 28.6. The molecule has 0 atom stereocenters. The third-order valence-corrected chi connectivity index (χ3v) is 9.32. The summed E-state index contributed by atoms with van der Waals surface area (Å²) < 4.78 is 23.0. The summed E-state index contributed by atoms with van der Waals surface area (Å²) in [4.78, 5) is 38.1. The molecule has 4 aromatic rings. The number of likely N-dealkylation sites (tertiary alicyclic amines) is 2. The monoisotopic (exact) mass is 656 g/mol. The van der Waals surface area contributed by atoms with Crippen molar-refractivity contribution in [3.05, 3.63) is 65.4 Å². The van der Waals surface area contributed by atoms with Crippen molar-refractivity contribution in [3.63, 3.8) is 0 Å². The zero-order valence-corrected chi connectivity index (χ0v) is 28.6. The van der Waals surface area contributed by atoms with Crippen LogP contribution >= 0.6 is 0 Å². The molecular weight excluding hydrogens is 611 g/mol. The minimum Gasteiger partial charge on any atom is -0.444 e. The number of hydrogen-bond donors (Lipinski definition) is 2. The van der Waals surface area contributed by atoms with Crippen molar-refractivity contribution < 1.29 is 18.7 Å². The van der Waals surface area contributed by atoms with Crippen LogP contribution in [0, 0.1) is 13.8 Å². The smallest absolute Gasteiger partial charge is 0.410 e. The highest BCUT2D eigenvalue weighted by Gasteiger charge is 2.46. The Morgan fingerprint density at radius 1 is 0.938 bits per heavy atom. The Hall–Kier alpha value is -4.74. The lowest BCUT2D eigenvalue weighted by Gasteiger charge is -2.40. The number of alkyl halides is 1. The Bertz CT molecular complexity index is 1780. The van der Waals surface area contributed by atoms with Crippen molar-refractivity contribution in [2.75, 3.05) is 36.8 Å². The summed E-state index contributed by atoms with van der Waals surface area (Å²) in [6, 6.07) is 14.4. The number of aryl methyl sites for hydroxylation is 3.